The minimum Gasteiger partial charge on any atom is -0.444 e. The van der Waals surface area contributed by atoms with Crippen LogP contribution in [0, 0.1) is 6.92 Å². The predicted molar refractivity (Wildman–Crippen MR) is 102 cm³/mol. The number of carbonyl (C=O) groups excluding carboxylic acids is 2. The van der Waals surface area contributed by atoms with Gasteiger partial charge in [-0.1, -0.05) is 0 Å². The van der Waals surface area contributed by atoms with Crippen molar-refractivity contribution >= 4 is 28.7 Å². The Hall–Kier alpha value is -1.83. The number of amides is 2. The van der Waals surface area contributed by atoms with E-state index in [4.69, 9.17) is 9.47 Å². The number of hydrogen-bond donors (Lipinski definition) is 0. The van der Waals surface area contributed by atoms with Crippen molar-refractivity contribution in [1.82, 2.24) is 9.27 Å². The predicted octanol–water partition coefficient (Wildman–Crippen LogP) is 4.20. The van der Waals surface area contributed by atoms with Crippen LogP contribution >= 0.6 is 11.5 Å². The van der Waals surface area contributed by atoms with Crippen LogP contribution < -0.4 is 4.90 Å². The van der Waals surface area contributed by atoms with Crippen LogP contribution in [0.25, 0.3) is 0 Å². The van der Waals surface area contributed by atoms with E-state index in [0.29, 0.717) is 19.5 Å². The normalized spacial score (nSPS) is 18.0. The summed E-state index contributed by atoms with van der Waals surface area (Å²) in [6.45, 7) is 13.9. The summed E-state index contributed by atoms with van der Waals surface area (Å²) in [5.41, 5.74) is -0.298. The molecular weight excluding hydrogens is 354 g/mol. The number of rotatable bonds is 2. The number of aromatic nitrogens is 1. The molecule has 8 heteroatoms. The van der Waals surface area contributed by atoms with Gasteiger partial charge in [-0.3, -0.25) is 4.90 Å². The summed E-state index contributed by atoms with van der Waals surface area (Å²) in [4.78, 5) is 28.4. The Kier molecular flexibility index (Phi) is 5.85. The van der Waals surface area contributed by atoms with Gasteiger partial charge in [-0.25, -0.2) is 9.59 Å². The molecule has 1 aliphatic heterocycles. The minimum absolute atomic E-state index is 0.169. The Balaban J connectivity index is 2.16. The molecule has 2 amide bonds. The standard InChI is InChI=1S/C18H29N3O4S/c1-12-10-14(26-19-12)21(16(23)25-18(5,6)7)13-8-9-20(11-13)15(22)24-17(2,3)4/h10,13H,8-9,11H2,1-7H3. The van der Waals surface area contributed by atoms with Crippen molar-refractivity contribution in [1.29, 1.82) is 0 Å². The van der Waals surface area contributed by atoms with Gasteiger partial charge in [0.05, 0.1) is 11.7 Å². The molecule has 1 fully saturated rings. The first-order valence-electron chi connectivity index (χ1n) is 8.79. The number of aryl methyl sites for hydroxylation is 1. The molecule has 2 heterocycles. The van der Waals surface area contributed by atoms with Gasteiger partial charge < -0.3 is 14.4 Å². The molecule has 1 saturated heterocycles. The number of likely N-dealkylation sites (tertiary alicyclic amines) is 1. The zero-order valence-electron chi connectivity index (χ0n) is 16.7. The van der Waals surface area contributed by atoms with Crippen molar-refractivity contribution in [3.63, 3.8) is 0 Å². The van der Waals surface area contributed by atoms with E-state index < -0.39 is 17.3 Å². The summed E-state index contributed by atoms with van der Waals surface area (Å²) in [5, 5.41) is 0.729. The van der Waals surface area contributed by atoms with Gasteiger partial charge in [0, 0.05) is 13.1 Å². The van der Waals surface area contributed by atoms with Crippen LogP contribution in [0.4, 0.5) is 14.6 Å². The molecule has 1 aromatic heterocycles. The average Bonchev–Trinajstić information content (AvgIpc) is 3.05. The van der Waals surface area contributed by atoms with Crippen molar-refractivity contribution in [2.75, 3.05) is 18.0 Å². The fraction of sp³-hybridized carbons (Fsp3) is 0.722. The third-order valence-electron chi connectivity index (χ3n) is 3.62. The molecule has 0 aliphatic carbocycles. The number of nitrogens with zero attached hydrogens (tertiary/aromatic N) is 3. The zero-order chi connectivity index (χ0) is 19.7. The Morgan fingerprint density at radius 2 is 1.81 bits per heavy atom. The fourth-order valence-electron chi connectivity index (χ4n) is 2.64. The summed E-state index contributed by atoms with van der Waals surface area (Å²) in [6, 6.07) is 1.70. The van der Waals surface area contributed by atoms with Gasteiger partial charge in [-0.2, -0.15) is 4.37 Å². The van der Waals surface area contributed by atoms with E-state index in [9.17, 15) is 9.59 Å². The van der Waals surface area contributed by atoms with E-state index in [1.54, 1.807) is 9.80 Å². The van der Waals surface area contributed by atoms with Crippen LogP contribution in [0.2, 0.25) is 0 Å². The Labute approximate surface area is 159 Å². The summed E-state index contributed by atoms with van der Waals surface area (Å²) >= 11 is 1.26. The maximum atomic E-state index is 12.8. The molecule has 1 aromatic rings. The molecule has 0 bridgehead atoms. The lowest BCUT2D eigenvalue weighted by atomic mass is 10.2. The van der Waals surface area contributed by atoms with Gasteiger partial charge in [0.2, 0.25) is 0 Å². The van der Waals surface area contributed by atoms with Crippen molar-refractivity contribution in [2.45, 2.75) is 72.1 Å². The number of ether oxygens (including phenoxy) is 2. The van der Waals surface area contributed by atoms with Crippen molar-refractivity contribution < 1.29 is 19.1 Å². The molecule has 7 nitrogen and oxygen atoms in total. The summed E-state index contributed by atoms with van der Waals surface area (Å²) in [5.74, 6) is 0. The van der Waals surface area contributed by atoms with Crippen molar-refractivity contribution in [2.24, 2.45) is 0 Å². The van der Waals surface area contributed by atoms with Gasteiger partial charge >= 0.3 is 12.2 Å². The Morgan fingerprint density at radius 1 is 1.19 bits per heavy atom. The largest absolute Gasteiger partial charge is 0.444 e. The van der Waals surface area contributed by atoms with Crippen LogP contribution in [0.3, 0.4) is 0 Å². The first kappa shape index (κ1) is 20.5. The van der Waals surface area contributed by atoms with E-state index in [1.807, 2.05) is 54.5 Å². The van der Waals surface area contributed by atoms with Crippen LogP contribution in [0.1, 0.15) is 53.7 Å². The molecule has 1 aliphatic rings. The minimum atomic E-state index is -0.599. The molecular formula is C18H29N3O4S. The van der Waals surface area contributed by atoms with Gasteiger partial charge in [-0.15, -0.1) is 0 Å². The van der Waals surface area contributed by atoms with Crippen LogP contribution in [-0.4, -0.2) is 51.8 Å². The lowest BCUT2D eigenvalue weighted by Crippen LogP contribution is -2.45. The van der Waals surface area contributed by atoms with E-state index in [1.165, 1.54) is 11.5 Å². The zero-order valence-corrected chi connectivity index (χ0v) is 17.5. The molecule has 0 spiro atoms. The summed E-state index contributed by atoms with van der Waals surface area (Å²) in [7, 11) is 0. The monoisotopic (exact) mass is 383 g/mol. The lowest BCUT2D eigenvalue weighted by molar-refractivity contribution is 0.0287. The molecule has 0 radical (unpaired) electrons. The number of anilines is 1. The number of carbonyl (C=O) groups is 2. The van der Waals surface area contributed by atoms with Crippen molar-refractivity contribution in [3.8, 4) is 0 Å². The highest BCUT2D eigenvalue weighted by atomic mass is 32.1. The highest BCUT2D eigenvalue weighted by molar-refractivity contribution is 7.10. The Bertz CT molecular complexity index is 660. The van der Waals surface area contributed by atoms with Gasteiger partial charge in [0.25, 0.3) is 0 Å². The lowest BCUT2D eigenvalue weighted by Gasteiger charge is -2.30. The van der Waals surface area contributed by atoms with Crippen molar-refractivity contribution in [3.05, 3.63) is 11.8 Å². The smallest absolute Gasteiger partial charge is 0.415 e. The first-order chi connectivity index (χ1) is 11.9. The summed E-state index contributed by atoms with van der Waals surface area (Å²) < 4.78 is 15.3. The highest BCUT2D eigenvalue weighted by Gasteiger charge is 2.38. The maximum absolute atomic E-state index is 12.8. The molecule has 0 aromatic carbocycles. The van der Waals surface area contributed by atoms with E-state index >= 15 is 0 Å². The fourth-order valence-corrected chi connectivity index (χ4v) is 3.46. The average molecular weight is 384 g/mol. The molecule has 2 rings (SSSR count). The van der Waals surface area contributed by atoms with E-state index in [2.05, 4.69) is 4.37 Å². The first-order valence-corrected chi connectivity index (χ1v) is 9.56. The molecule has 146 valence electrons. The Morgan fingerprint density at radius 3 is 2.31 bits per heavy atom. The van der Waals surface area contributed by atoms with Crippen LogP contribution in [0.5, 0.6) is 0 Å². The van der Waals surface area contributed by atoms with Crippen LogP contribution in [0.15, 0.2) is 6.07 Å². The van der Waals surface area contributed by atoms with Crippen LogP contribution in [-0.2, 0) is 9.47 Å². The van der Waals surface area contributed by atoms with E-state index in [-0.39, 0.29) is 12.1 Å². The molecule has 1 unspecified atom stereocenters. The quantitative estimate of drug-likeness (QED) is 0.765. The third kappa shape index (κ3) is 5.59. The second kappa shape index (κ2) is 7.42. The third-order valence-corrected chi connectivity index (χ3v) is 4.50. The topological polar surface area (TPSA) is 72.0 Å². The summed E-state index contributed by atoms with van der Waals surface area (Å²) in [6.07, 6.45) is -0.114. The van der Waals surface area contributed by atoms with Gasteiger partial charge in [0.1, 0.15) is 16.2 Å². The molecule has 0 N–H and O–H groups in total. The molecule has 0 saturated carbocycles. The SMILES string of the molecule is Cc1cc(N(C(=O)OC(C)(C)C)C2CCN(C(=O)OC(C)(C)C)C2)sn1. The van der Waals surface area contributed by atoms with E-state index in [0.717, 1.165) is 10.7 Å². The van der Waals surface area contributed by atoms with Gasteiger partial charge in [-0.05, 0) is 72.5 Å². The molecule has 1 atom stereocenters. The maximum Gasteiger partial charge on any atom is 0.415 e. The second-order valence-electron chi connectivity index (χ2n) is 8.53. The molecule has 26 heavy (non-hydrogen) atoms. The van der Waals surface area contributed by atoms with Gasteiger partial charge in [0.15, 0.2) is 0 Å². The number of hydrogen-bond acceptors (Lipinski definition) is 6. The second-order valence-corrected chi connectivity index (χ2v) is 9.31. The highest BCUT2D eigenvalue weighted by Crippen LogP contribution is 2.30.